The molecule has 2 aromatic heterocycles. The number of nitrogens with zero attached hydrogens (tertiary/aromatic N) is 2. The molecule has 2 aliphatic rings. The van der Waals surface area contributed by atoms with Crippen LogP contribution in [0.1, 0.15) is 25.0 Å². The standard InChI is InChI=1S/C16H18N2O2S2/c19-15(18-6-7-20-13-4-1-3-12(13)18)9-11-10-22-16(17-11)14-5-2-8-21-14/h2,5,8,10,12-13H,1,3-4,6-7,9H2. The number of thiophene rings is 1. The highest BCUT2D eigenvalue weighted by molar-refractivity contribution is 7.20. The second-order valence-electron chi connectivity index (χ2n) is 5.79. The summed E-state index contributed by atoms with van der Waals surface area (Å²) in [6.07, 6.45) is 4.00. The Morgan fingerprint density at radius 1 is 1.41 bits per heavy atom. The molecule has 4 rings (SSSR count). The first-order valence-corrected chi connectivity index (χ1v) is 9.46. The summed E-state index contributed by atoms with van der Waals surface area (Å²) in [6, 6.07) is 4.39. The third-order valence-corrected chi connectivity index (χ3v) is 6.35. The van der Waals surface area contributed by atoms with Gasteiger partial charge in [0.2, 0.25) is 5.91 Å². The highest BCUT2D eigenvalue weighted by Crippen LogP contribution is 2.31. The van der Waals surface area contributed by atoms with Crippen LogP contribution in [0.25, 0.3) is 9.88 Å². The van der Waals surface area contributed by atoms with Gasteiger partial charge in [0.15, 0.2) is 0 Å². The summed E-state index contributed by atoms with van der Waals surface area (Å²) in [6.45, 7) is 1.40. The largest absolute Gasteiger partial charge is 0.374 e. The number of hydrogen-bond donors (Lipinski definition) is 0. The van der Waals surface area contributed by atoms with Gasteiger partial charge in [-0.25, -0.2) is 4.98 Å². The molecule has 0 aromatic carbocycles. The van der Waals surface area contributed by atoms with Gasteiger partial charge in [-0.15, -0.1) is 22.7 Å². The van der Waals surface area contributed by atoms with E-state index in [0.29, 0.717) is 13.0 Å². The number of aromatic nitrogens is 1. The van der Waals surface area contributed by atoms with Crippen LogP contribution in [0.5, 0.6) is 0 Å². The second-order valence-corrected chi connectivity index (χ2v) is 7.60. The Bertz CT molecular complexity index is 653. The highest BCUT2D eigenvalue weighted by Gasteiger charge is 2.38. The van der Waals surface area contributed by atoms with E-state index in [-0.39, 0.29) is 18.1 Å². The Morgan fingerprint density at radius 3 is 3.23 bits per heavy atom. The van der Waals surface area contributed by atoms with Crippen molar-refractivity contribution in [2.45, 2.75) is 37.8 Å². The topological polar surface area (TPSA) is 42.4 Å². The van der Waals surface area contributed by atoms with Crippen molar-refractivity contribution in [3.8, 4) is 9.88 Å². The van der Waals surface area contributed by atoms with E-state index in [1.807, 2.05) is 16.3 Å². The van der Waals surface area contributed by atoms with Gasteiger partial charge in [0.25, 0.3) is 0 Å². The van der Waals surface area contributed by atoms with Gasteiger partial charge in [-0.2, -0.15) is 0 Å². The van der Waals surface area contributed by atoms with E-state index in [9.17, 15) is 4.79 Å². The molecule has 1 aliphatic carbocycles. The maximum absolute atomic E-state index is 12.6. The van der Waals surface area contributed by atoms with E-state index in [1.165, 1.54) is 11.3 Å². The number of ether oxygens (including phenoxy) is 1. The number of carbonyl (C=O) groups excluding carboxylic acids is 1. The molecule has 1 saturated carbocycles. The van der Waals surface area contributed by atoms with Crippen molar-refractivity contribution in [3.63, 3.8) is 0 Å². The van der Waals surface area contributed by atoms with Crippen LogP contribution in [-0.2, 0) is 16.0 Å². The molecule has 1 aliphatic heterocycles. The highest BCUT2D eigenvalue weighted by atomic mass is 32.1. The number of amides is 1. The van der Waals surface area contributed by atoms with Gasteiger partial charge in [-0.3, -0.25) is 4.79 Å². The SMILES string of the molecule is O=C(Cc1csc(-c2cccs2)n1)N1CCOC2CCCC21. The number of fused-ring (bicyclic) bond motifs is 1. The van der Waals surface area contributed by atoms with Crippen molar-refractivity contribution in [2.24, 2.45) is 0 Å². The minimum atomic E-state index is 0.197. The van der Waals surface area contributed by atoms with Crippen molar-refractivity contribution in [1.29, 1.82) is 0 Å². The molecule has 22 heavy (non-hydrogen) atoms. The van der Waals surface area contributed by atoms with E-state index in [0.717, 1.165) is 30.1 Å². The lowest BCUT2D eigenvalue weighted by Crippen LogP contribution is -2.51. The van der Waals surface area contributed by atoms with E-state index < -0.39 is 0 Å². The average molecular weight is 334 g/mol. The van der Waals surface area contributed by atoms with E-state index >= 15 is 0 Å². The number of carbonyl (C=O) groups is 1. The lowest BCUT2D eigenvalue weighted by Gasteiger charge is -2.37. The molecule has 2 aromatic rings. The Labute approximate surface area is 137 Å². The molecule has 0 bridgehead atoms. The van der Waals surface area contributed by atoms with Gasteiger partial charge in [-0.1, -0.05) is 6.07 Å². The molecular weight excluding hydrogens is 316 g/mol. The molecule has 3 heterocycles. The molecule has 0 radical (unpaired) electrons. The Kier molecular flexibility index (Phi) is 3.98. The molecule has 2 unspecified atom stereocenters. The minimum absolute atomic E-state index is 0.197. The molecule has 6 heteroatoms. The first kappa shape index (κ1) is 14.4. The molecular formula is C16H18N2O2S2. The van der Waals surface area contributed by atoms with E-state index in [4.69, 9.17) is 4.74 Å². The molecule has 0 spiro atoms. The summed E-state index contributed by atoms with van der Waals surface area (Å²) in [4.78, 5) is 20.5. The van der Waals surface area contributed by atoms with Crippen molar-refractivity contribution >= 4 is 28.6 Å². The van der Waals surface area contributed by atoms with Gasteiger partial charge < -0.3 is 9.64 Å². The molecule has 1 saturated heterocycles. The molecule has 116 valence electrons. The van der Waals surface area contributed by atoms with Gasteiger partial charge in [-0.05, 0) is 30.7 Å². The molecule has 4 nitrogen and oxygen atoms in total. The first-order valence-electron chi connectivity index (χ1n) is 7.70. The smallest absolute Gasteiger partial charge is 0.229 e. The second kappa shape index (κ2) is 6.10. The van der Waals surface area contributed by atoms with Crippen LogP contribution in [0, 0.1) is 0 Å². The monoisotopic (exact) mass is 334 g/mol. The zero-order chi connectivity index (χ0) is 14.9. The molecule has 2 fully saturated rings. The van der Waals surface area contributed by atoms with Gasteiger partial charge in [0, 0.05) is 11.9 Å². The molecule has 0 N–H and O–H groups in total. The fraction of sp³-hybridized carbons (Fsp3) is 0.500. The summed E-state index contributed by atoms with van der Waals surface area (Å²) in [5.74, 6) is 0.197. The summed E-state index contributed by atoms with van der Waals surface area (Å²) >= 11 is 3.30. The van der Waals surface area contributed by atoms with Gasteiger partial charge in [0.05, 0.1) is 35.7 Å². The quantitative estimate of drug-likeness (QED) is 0.866. The van der Waals surface area contributed by atoms with Crippen LogP contribution in [0.3, 0.4) is 0 Å². The number of rotatable bonds is 3. The van der Waals surface area contributed by atoms with Crippen LogP contribution in [0.15, 0.2) is 22.9 Å². The number of morpholine rings is 1. The summed E-state index contributed by atoms with van der Waals surface area (Å²) in [5, 5.41) is 5.08. The van der Waals surface area contributed by atoms with E-state index in [2.05, 4.69) is 16.4 Å². The van der Waals surface area contributed by atoms with Gasteiger partial charge >= 0.3 is 0 Å². The maximum Gasteiger partial charge on any atom is 0.229 e. The summed E-state index contributed by atoms with van der Waals surface area (Å²) in [5.41, 5.74) is 0.888. The van der Waals surface area contributed by atoms with Crippen molar-refractivity contribution in [3.05, 3.63) is 28.6 Å². The van der Waals surface area contributed by atoms with Crippen molar-refractivity contribution in [2.75, 3.05) is 13.2 Å². The van der Waals surface area contributed by atoms with Crippen LogP contribution in [0.4, 0.5) is 0 Å². The third kappa shape index (κ3) is 2.71. The number of hydrogen-bond acceptors (Lipinski definition) is 5. The van der Waals surface area contributed by atoms with Crippen LogP contribution in [0.2, 0.25) is 0 Å². The van der Waals surface area contributed by atoms with Crippen LogP contribution >= 0.6 is 22.7 Å². The summed E-state index contributed by atoms with van der Waals surface area (Å²) in [7, 11) is 0. The Hall–Kier alpha value is -1.24. The Balaban J connectivity index is 1.45. The van der Waals surface area contributed by atoms with Crippen molar-refractivity contribution < 1.29 is 9.53 Å². The lowest BCUT2D eigenvalue weighted by molar-refractivity contribution is -0.143. The van der Waals surface area contributed by atoms with Gasteiger partial charge in [0.1, 0.15) is 5.01 Å². The minimum Gasteiger partial charge on any atom is -0.374 e. The fourth-order valence-corrected chi connectivity index (χ4v) is 5.03. The predicted octanol–water partition coefficient (Wildman–Crippen LogP) is 3.19. The molecule has 2 atom stereocenters. The van der Waals surface area contributed by atoms with Crippen LogP contribution < -0.4 is 0 Å². The summed E-state index contributed by atoms with van der Waals surface area (Å²) < 4.78 is 5.78. The zero-order valence-electron chi connectivity index (χ0n) is 12.2. The Morgan fingerprint density at radius 2 is 2.36 bits per heavy atom. The lowest BCUT2D eigenvalue weighted by atomic mass is 10.1. The fourth-order valence-electron chi connectivity index (χ4n) is 3.39. The average Bonchev–Trinajstić information content (AvgIpc) is 3.27. The van der Waals surface area contributed by atoms with Crippen molar-refractivity contribution in [1.82, 2.24) is 9.88 Å². The maximum atomic E-state index is 12.6. The first-order chi connectivity index (χ1) is 10.8. The number of thiazole rings is 1. The van der Waals surface area contributed by atoms with E-state index in [1.54, 1.807) is 22.7 Å². The normalized spacial score (nSPS) is 24.5. The zero-order valence-corrected chi connectivity index (χ0v) is 13.9. The predicted molar refractivity (Wildman–Crippen MR) is 88.2 cm³/mol. The molecule has 1 amide bonds. The van der Waals surface area contributed by atoms with Crippen LogP contribution in [-0.4, -0.2) is 41.1 Å². The third-order valence-electron chi connectivity index (χ3n) is 4.42.